The molecule has 0 heterocycles. The van der Waals surface area contributed by atoms with Gasteiger partial charge in [-0.1, -0.05) is 12.1 Å². The Hall–Kier alpha value is -2.23. The number of rotatable bonds is 6. The van der Waals surface area contributed by atoms with E-state index in [1.165, 1.54) is 12.1 Å². The van der Waals surface area contributed by atoms with E-state index < -0.39 is 0 Å². The SMILES string of the molecule is CCOc1cc(NCc2ccc(F)cc2)ccc1OC. The van der Waals surface area contributed by atoms with Crippen molar-refractivity contribution in [2.75, 3.05) is 19.0 Å². The number of ether oxygens (including phenoxy) is 2. The summed E-state index contributed by atoms with van der Waals surface area (Å²) in [7, 11) is 1.61. The first-order chi connectivity index (χ1) is 9.72. The van der Waals surface area contributed by atoms with Crippen molar-refractivity contribution < 1.29 is 13.9 Å². The van der Waals surface area contributed by atoms with Crippen molar-refractivity contribution >= 4 is 5.69 Å². The van der Waals surface area contributed by atoms with Gasteiger partial charge in [0.05, 0.1) is 13.7 Å². The number of anilines is 1. The minimum atomic E-state index is -0.225. The quantitative estimate of drug-likeness (QED) is 0.868. The summed E-state index contributed by atoms with van der Waals surface area (Å²) >= 11 is 0. The van der Waals surface area contributed by atoms with Crippen LogP contribution in [0.15, 0.2) is 42.5 Å². The molecule has 0 bridgehead atoms. The first kappa shape index (κ1) is 14.2. The number of nitrogens with one attached hydrogen (secondary N) is 1. The van der Waals surface area contributed by atoms with Crippen LogP contribution in [0.4, 0.5) is 10.1 Å². The topological polar surface area (TPSA) is 30.5 Å². The molecule has 0 atom stereocenters. The van der Waals surface area contributed by atoms with Gasteiger partial charge in [-0.25, -0.2) is 4.39 Å². The van der Waals surface area contributed by atoms with E-state index in [9.17, 15) is 4.39 Å². The van der Waals surface area contributed by atoms with Crippen molar-refractivity contribution in [1.82, 2.24) is 0 Å². The predicted molar refractivity (Wildman–Crippen MR) is 77.9 cm³/mol. The lowest BCUT2D eigenvalue weighted by Crippen LogP contribution is -2.01. The van der Waals surface area contributed by atoms with Crippen LogP contribution < -0.4 is 14.8 Å². The fourth-order valence-electron chi connectivity index (χ4n) is 1.86. The second-order valence-electron chi connectivity index (χ2n) is 4.28. The van der Waals surface area contributed by atoms with Crippen LogP contribution in [0.25, 0.3) is 0 Å². The molecule has 0 fully saturated rings. The van der Waals surface area contributed by atoms with Gasteiger partial charge in [0.15, 0.2) is 11.5 Å². The Morgan fingerprint density at radius 1 is 1.05 bits per heavy atom. The summed E-state index contributed by atoms with van der Waals surface area (Å²) in [6, 6.07) is 12.1. The number of benzene rings is 2. The molecule has 106 valence electrons. The standard InChI is InChI=1S/C16H18FNO2/c1-3-20-16-10-14(8-9-15(16)19-2)18-11-12-4-6-13(17)7-5-12/h4-10,18H,3,11H2,1-2H3. The van der Waals surface area contributed by atoms with Gasteiger partial charge in [0.1, 0.15) is 5.82 Å². The predicted octanol–water partition coefficient (Wildman–Crippen LogP) is 3.85. The van der Waals surface area contributed by atoms with Gasteiger partial charge in [-0.15, -0.1) is 0 Å². The Bertz CT molecular complexity index is 555. The zero-order valence-corrected chi connectivity index (χ0v) is 11.7. The summed E-state index contributed by atoms with van der Waals surface area (Å²) in [5, 5.41) is 3.27. The molecular weight excluding hydrogens is 257 g/mol. The molecule has 0 aliphatic rings. The second kappa shape index (κ2) is 6.80. The lowest BCUT2D eigenvalue weighted by Gasteiger charge is -2.12. The summed E-state index contributed by atoms with van der Waals surface area (Å²) in [6.07, 6.45) is 0. The maximum atomic E-state index is 12.8. The van der Waals surface area contributed by atoms with Crippen LogP contribution in [0.2, 0.25) is 0 Å². The molecule has 0 aliphatic carbocycles. The maximum Gasteiger partial charge on any atom is 0.163 e. The summed E-state index contributed by atoms with van der Waals surface area (Å²) in [5.41, 5.74) is 1.94. The Kier molecular flexibility index (Phi) is 4.82. The molecule has 0 spiro atoms. The molecule has 4 heteroatoms. The zero-order chi connectivity index (χ0) is 14.4. The Morgan fingerprint density at radius 3 is 2.45 bits per heavy atom. The Balaban J connectivity index is 2.05. The Morgan fingerprint density at radius 2 is 1.80 bits per heavy atom. The molecule has 1 N–H and O–H groups in total. The van der Waals surface area contributed by atoms with Gasteiger partial charge in [0, 0.05) is 18.3 Å². The minimum Gasteiger partial charge on any atom is -0.493 e. The lowest BCUT2D eigenvalue weighted by molar-refractivity contribution is 0.311. The average Bonchev–Trinajstić information content (AvgIpc) is 2.47. The van der Waals surface area contributed by atoms with E-state index in [0.29, 0.717) is 24.7 Å². The fraction of sp³-hybridized carbons (Fsp3) is 0.250. The van der Waals surface area contributed by atoms with Crippen LogP contribution in [-0.4, -0.2) is 13.7 Å². The minimum absolute atomic E-state index is 0.225. The molecule has 0 aliphatic heterocycles. The van der Waals surface area contributed by atoms with Gasteiger partial charge in [0.25, 0.3) is 0 Å². The lowest BCUT2D eigenvalue weighted by atomic mass is 10.2. The van der Waals surface area contributed by atoms with Crippen molar-refractivity contribution in [3.63, 3.8) is 0 Å². The molecule has 0 saturated heterocycles. The third kappa shape index (κ3) is 3.63. The van der Waals surface area contributed by atoms with E-state index in [1.54, 1.807) is 19.2 Å². The highest BCUT2D eigenvalue weighted by molar-refractivity contribution is 5.55. The average molecular weight is 275 g/mol. The smallest absolute Gasteiger partial charge is 0.163 e. The molecular formula is C16H18FNO2. The molecule has 2 rings (SSSR count). The van der Waals surface area contributed by atoms with Crippen LogP contribution in [0.1, 0.15) is 12.5 Å². The Labute approximate surface area is 118 Å². The second-order valence-corrected chi connectivity index (χ2v) is 4.28. The number of halogens is 1. The number of methoxy groups -OCH3 is 1. The summed E-state index contributed by atoms with van der Waals surface area (Å²) < 4.78 is 23.6. The first-order valence-corrected chi connectivity index (χ1v) is 6.52. The highest BCUT2D eigenvalue weighted by atomic mass is 19.1. The van der Waals surface area contributed by atoms with Crippen molar-refractivity contribution in [2.45, 2.75) is 13.5 Å². The molecule has 0 saturated carbocycles. The number of hydrogen-bond acceptors (Lipinski definition) is 3. The van der Waals surface area contributed by atoms with Crippen LogP contribution in [0, 0.1) is 5.82 Å². The molecule has 0 radical (unpaired) electrons. The number of hydrogen-bond donors (Lipinski definition) is 1. The third-order valence-electron chi connectivity index (χ3n) is 2.87. The van der Waals surface area contributed by atoms with Crippen LogP contribution >= 0.6 is 0 Å². The summed E-state index contributed by atoms with van der Waals surface area (Å²) in [6.45, 7) is 3.13. The molecule has 0 amide bonds. The summed E-state index contributed by atoms with van der Waals surface area (Å²) in [4.78, 5) is 0. The third-order valence-corrected chi connectivity index (χ3v) is 2.87. The molecule has 20 heavy (non-hydrogen) atoms. The summed E-state index contributed by atoms with van der Waals surface area (Å²) in [5.74, 6) is 1.19. The molecule has 2 aromatic carbocycles. The molecule has 0 unspecified atom stereocenters. The van der Waals surface area contributed by atoms with Gasteiger partial charge < -0.3 is 14.8 Å². The van der Waals surface area contributed by atoms with Gasteiger partial charge in [-0.2, -0.15) is 0 Å². The van der Waals surface area contributed by atoms with E-state index in [0.717, 1.165) is 11.3 Å². The van der Waals surface area contributed by atoms with Crippen LogP contribution in [0.3, 0.4) is 0 Å². The molecule has 0 aromatic heterocycles. The van der Waals surface area contributed by atoms with Crippen molar-refractivity contribution in [3.05, 3.63) is 53.8 Å². The largest absolute Gasteiger partial charge is 0.493 e. The van der Waals surface area contributed by atoms with E-state index in [1.807, 2.05) is 25.1 Å². The highest BCUT2D eigenvalue weighted by Gasteiger charge is 2.05. The normalized spacial score (nSPS) is 10.2. The molecule has 3 nitrogen and oxygen atoms in total. The van der Waals surface area contributed by atoms with E-state index in [4.69, 9.17) is 9.47 Å². The highest BCUT2D eigenvalue weighted by Crippen LogP contribution is 2.30. The van der Waals surface area contributed by atoms with Gasteiger partial charge >= 0.3 is 0 Å². The first-order valence-electron chi connectivity index (χ1n) is 6.52. The fourth-order valence-corrected chi connectivity index (χ4v) is 1.86. The van der Waals surface area contributed by atoms with E-state index in [2.05, 4.69) is 5.32 Å². The van der Waals surface area contributed by atoms with Gasteiger partial charge in [-0.3, -0.25) is 0 Å². The monoisotopic (exact) mass is 275 g/mol. The maximum absolute atomic E-state index is 12.8. The molecule has 2 aromatic rings. The zero-order valence-electron chi connectivity index (χ0n) is 11.7. The van der Waals surface area contributed by atoms with Crippen LogP contribution in [0.5, 0.6) is 11.5 Å². The van der Waals surface area contributed by atoms with E-state index in [-0.39, 0.29) is 5.82 Å². The van der Waals surface area contributed by atoms with E-state index >= 15 is 0 Å². The van der Waals surface area contributed by atoms with Crippen molar-refractivity contribution in [1.29, 1.82) is 0 Å². The van der Waals surface area contributed by atoms with Gasteiger partial charge in [0.2, 0.25) is 0 Å². The van der Waals surface area contributed by atoms with Gasteiger partial charge in [-0.05, 0) is 36.8 Å². The van der Waals surface area contributed by atoms with Crippen molar-refractivity contribution in [2.24, 2.45) is 0 Å². The van der Waals surface area contributed by atoms with Crippen molar-refractivity contribution in [3.8, 4) is 11.5 Å². The van der Waals surface area contributed by atoms with Crippen LogP contribution in [-0.2, 0) is 6.54 Å².